The van der Waals surface area contributed by atoms with E-state index >= 15 is 0 Å². The number of carbonyl (C=O) groups is 1. The number of halogens is 1. The average molecular weight is 346 g/mol. The van der Waals surface area contributed by atoms with Crippen LogP contribution < -0.4 is 5.32 Å². The lowest BCUT2D eigenvalue weighted by Gasteiger charge is -2.38. The van der Waals surface area contributed by atoms with Gasteiger partial charge in [0.15, 0.2) is 0 Å². The fourth-order valence-electron chi connectivity index (χ4n) is 2.74. The molecule has 24 heavy (non-hydrogen) atoms. The van der Waals surface area contributed by atoms with E-state index in [9.17, 15) is 4.79 Å². The number of morpholine rings is 1. The van der Waals surface area contributed by atoms with Gasteiger partial charge in [-0.05, 0) is 30.7 Å². The Bertz CT molecular complexity index is 696. The molecular weight excluding hydrogens is 326 g/mol. The summed E-state index contributed by atoms with van der Waals surface area (Å²) < 4.78 is 5.89. The number of nitrogens with zero attached hydrogens (tertiary/aromatic N) is 2. The van der Waals surface area contributed by atoms with E-state index < -0.39 is 0 Å². The third kappa shape index (κ3) is 3.86. The van der Waals surface area contributed by atoms with Crippen LogP contribution in [0.2, 0.25) is 5.02 Å². The van der Waals surface area contributed by atoms with Gasteiger partial charge < -0.3 is 15.0 Å². The van der Waals surface area contributed by atoms with Crippen molar-refractivity contribution in [2.24, 2.45) is 0 Å². The molecule has 5 nitrogen and oxygen atoms in total. The van der Waals surface area contributed by atoms with Crippen molar-refractivity contribution in [2.45, 2.75) is 25.6 Å². The minimum atomic E-state index is -0.207. The van der Waals surface area contributed by atoms with E-state index in [0.29, 0.717) is 24.7 Å². The molecule has 1 N–H and O–H groups in total. The Morgan fingerprint density at radius 1 is 1.33 bits per heavy atom. The van der Waals surface area contributed by atoms with Gasteiger partial charge >= 0.3 is 6.03 Å². The summed E-state index contributed by atoms with van der Waals surface area (Å²) in [6.07, 6.45) is 3.22. The fourth-order valence-corrected chi connectivity index (χ4v) is 3.00. The van der Waals surface area contributed by atoms with Crippen molar-refractivity contribution >= 4 is 17.6 Å². The molecule has 0 aliphatic carbocycles. The molecule has 0 unspecified atom stereocenters. The van der Waals surface area contributed by atoms with Crippen molar-refractivity contribution in [3.8, 4) is 0 Å². The number of hydrogen-bond acceptors (Lipinski definition) is 3. The molecule has 0 spiro atoms. The second-order valence-electron chi connectivity index (χ2n) is 5.86. The third-order valence-electron chi connectivity index (χ3n) is 4.14. The standard InChI is InChI=1S/C18H20ClN3O2/c1-13-12-24-17(15-4-2-3-5-16(15)19)11-22(13)18(23)21-10-14-6-8-20-9-7-14/h2-9,13,17H,10-12H2,1H3,(H,21,23)/t13-,17-/m0/s1. The molecule has 1 aliphatic rings. The number of amides is 2. The van der Waals surface area contributed by atoms with Crippen molar-refractivity contribution in [3.05, 3.63) is 64.9 Å². The highest BCUT2D eigenvalue weighted by Gasteiger charge is 2.31. The normalized spacial score (nSPS) is 20.7. The quantitative estimate of drug-likeness (QED) is 0.927. The summed E-state index contributed by atoms with van der Waals surface area (Å²) in [4.78, 5) is 18.3. The maximum absolute atomic E-state index is 12.6. The Balaban J connectivity index is 1.65. The number of ether oxygens (including phenoxy) is 1. The Kier molecular flexibility index (Phi) is 5.33. The summed E-state index contributed by atoms with van der Waals surface area (Å²) >= 11 is 6.26. The van der Waals surface area contributed by atoms with Crippen LogP contribution in [0.4, 0.5) is 4.79 Å². The van der Waals surface area contributed by atoms with Crippen LogP contribution in [0.25, 0.3) is 0 Å². The highest BCUT2D eigenvalue weighted by atomic mass is 35.5. The van der Waals surface area contributed by atoms with E-state index in [0.717, 1.165) is 11.1 Å². The monoisotopic (exact) mass is 345 g/mol. The van der Waals surface area contributed by atoms with Gasteiger partial charge in [0.1, 0.15) is 6.10 Å². The van der Waals surface area contributed by atoms with Crippen LogP contribution in [-0.4, -0.2) is 35.1 Å². The Hall–Kier alpha value is -2.11. The molecule has 0 radical (unpaired) electrons. The first-order valence-corrected chi connectivity index (χ1v) is 8.32. The van der Waals surface area contributed by atoms with Crippen LogP contribution >= 0.6 is 11.6 Å². The number of carbonyl (C=O) groups excluding carboxylic acids is 1. The van der Waals surface area contributed by atoms with Gasteiger partial charge in [0.2, 0.25) is 0 Å². The van der Waals surface area contributed by atoms with Gasteiger partial charge in [-0.2, -0.15) is 0 Å². The molecule has 2 amide bonds. The molecule has 3 rings (SSSR count). The molecule has 1 aromatic carbocycles. The Labute approximate surface area is 146 Å². The van der Waals surface area contributed by atoms with Crippen LogP contribution in [0, 0.1) is 0 Å². The van der Waals surface area contributed by atoms with Gasteiger partial charge in [-0.3, -0.25) is 4.98 Å². The summed E-state index contributed by atoms with van der Waals surface area (Å²) in [6, 6.07) is 11.3. The maximum atomic E-state index is 12.6. The van der Waals surface area contributed by atoms with Crippen molar-refractivity contribution in [1.82, 2.24) is 15.2 Å². The van der Waals surface area contributed by atoms with E-state index in [2.05, 4.69) is 10.3 Å². The fraction of sp³-hybridized carbons (Fsp3) is 0.333. The molecule has 126 valence electrons. The first-order valence-electron chi connectivity index (χ1n) is 7.94. The largest absolute Gasteiger partial charge is 0.369 e. The zero-order chi connectivity index (χ0) is 16.9. The summed E-state index contributed by atoms with van der Waals surface area (Å²) in [7, 11) is 0. The zero-order valence-corrected chi connectivity index (χ0v) is 14.2. The molecule has 2 atom stereocenters. The first-order chi connectivity index (χ1) is 11.6. The lowest BCUT2D eigenvalue weighted by molar-refractivity contribution is -0.0427. The van der Waals surface area contributed by atoms with Crippen LogP contribution in [0.3, 0.4) is 0 Å². The molecule has 1 aromatic heterocycles. The van der Waals surface area contributed by atoms with Gasteiger partial charge in [0, 0.05) is 29.5 Å². The summed E-state index contributed by atoms with van der Waals surface area (Å²) in [5.74, 6) is 0. The number of urea groups is 1. The smallest absolute Gasteiger partial charge is 0.318 e. The topological polar surface area (TPSA) is 54.5 Å². The Morgan fingerprint density at radius 2 is 2.08 bits per heavy atom. The average Bonchev–Trinajstić information content (AvgIpc) is 2.61. The molecule has 0 saturated carbocycles. The minimum absolute atomic E-state index is 0.0150. The second-order valence-corrected chi connectivity index (χ2v) is 6.27. The van der Waals surface area contributed by atoms with E-state index in [1.165, 1.54) is 0 Å². The molecular formula is C18H20ClN3O2. The van der Waals surface area contributed by atoms with Gasteiger partial charge in [0.05, 0.1) is 19.2 Å². The number of aromatic nitrogens is 1. The predicted molar refractivity (Wildman–Crippen MR) is 92.8 cm³/mol. The first kappa shape index (κ1) is 16.7. The Morgan fingerprint density at radius 3 is 2.83 bits per heavy atom. The number of hydrogen-bond donors (Lipinski definition) is 1. The second kappa shape index (κ2) is 7.64. The number of rotatable bonds is 3. The van der Waals surface area contributed by atoms with Crippen LogP contribution in [0.1, 0.15) is 24.2 Å². The summed E-state index contributed by atoms with van der Waals surface area (Å²) in [5, 5.41) is 3.62. The van der Waals surface area contributed by atoms with Gasteiger partial charge in [-0.1, -0.05) is 29.8 Å². The lowest BCUT2D eigenvalue weighted by Crippen LogP contribution is -2.51. The summed E-state index contributed by atoms with van der Waals surface area (Å²) in [5.41, 5.74) is 1.93. The minimum Gasteiger partial charge on any atom is -0.369 e. The predicted octanol–water partition coefficient (Wildman–Crippen LogP) is 3.41. The number of nitrogens with one attached hydrogen (secondary N) is 1. The van der Waals surface area contributed by atoms with Crippen LogP contribution in [0.15, 0.2) is 48.8 Å². The van der Waals surface area contributed by atoms with Gasteiger partial charge in [-0.25, -0.2) is 4.79 Å². The highest BCUT2D eigenvalue weighted by molar-refractivity contribution is 6.31. The molecule has 6 heteroatoms. The van der Waals surface area contributed by atoms with Crippen LogP contribution in [-0.2, 0) is 11.3 Å². The SMILES string of the molecule is C[C@H]1CO[C@H](c2ccccc2Cl)CN1C(=O)NCc1ccncc1. The number of benzene rings is 1. The van der Waals surface area contributed by atoms with Gasteiger partial charge in [-0.15, -0.1) is 0 Å². The molecule has 2 aromatic rings. The van der Waals surface area contributed by atoms with E-state index in [1.807, 2.05) is 43.3 Å². The third-order valence-corrected chi connectivity index (χ3v) is 4.48. The number of pyridine rings is 1. The molecule has 1 saturated heterocycles. The lowest BCUT2D eigenvalue weighted by atomic mass is 10.1. The van der Waals surface area contributed by atoms with Crippen molar-refractivity contribution < 1.29 is 9.53 Å². The summed E-state index contributed by atoms with van der Waals surface area (Å²) in [6.45, 7) is 3.42. The van der Waals surface area contributed by atoms with E-state index in [-0.39, 0.29) is 18.2 Å². The van der Waals surface area contributed by atoms with Crippen molar-refractivity contribution in [2.75, 3.05) is 13.2 Å². The van der Waals surface area contributed by atoms with E-state index in [1.54, 1.807) is 17.3 Å². The molecule has 1 fully saturated rings. The van der Waals surface area contributed by atoms with Crippen molar-refractivity contribution in [1.29, 1.82) is 0 Å². The van der Waals surface area contributed by atoms with Crippen LogP contribution in [0.5, 0.6) is 0 Å². The van der Waals surface area contributed by atoms with E-state index in [4.69, 9.17) is 16.3 Å². The molecule has 0 bridgehead atoms. The molecule has 1 aliphatic heterocycles. The maximum Gasteiger partial charge on any atom is 0.318 e. The zero-order valence-electron chi connectivity index (χ0n) is 13.5. The highest BCUT2D eigenvalue weighted by Crippen LogP contribution is 2.29. The van der Waals surface area contributed by atoms with Gasteiger partial charge in [0.25, 0.3) is 0 Å². The van der Waals surface area contributed by atoms with Crippen molar-refractivity contribution in [3.63, 3.8) is 0 Å². The molecule has 2 heterocycles.